The van der Waals surface area contributed by atoms with Crippen molar-refractivity contribution in [2.45, 2.75) is 96.4 Å². The van der Waals surface area contributed by atoms with Crippen molar-refractivity contribution in [2.24, 2.45) is 28.6 Å². The molecule has 0 spiro atoms. The van der Waals surface area contributed by atoms with E-state index in [2.05, 4.69) is 95.1 Å². The van der Waals surface area contributed by atoms with Gasteiger partial charge in [0.1, 0.15) is 6.61 Å². The van der Waals surface area contributed by atoms with Crippen LogP contribution in [0.4, 0.5) is 5.69 Å². The predicted octanol–water partition coefficient (Wildman–Crippen LogP) is 7.14. The van der Waals surface area contributed by atoms with Crippen molar-refractivity contribution in [2.75, 3.05) is 11.9 Å². The van der Waals surface area contributed by atoms with Gasteiger partial charge in [0.15, 0.2) is 17.7 Å². The van der Waals surface area contributed by atoms with Gasteiger partial charge in [-0.25, -0.2) is 0 Å². The van der Waals surface area contributed by atoms with Gasteiger partial charge in [0.2, 0.25) is 0 Å². The Balaban J connectivity index is 1.15. The normalized spacial score (nSPS) is 38.6. The molecule has 9 atom stereocenters. The Hall–Kier alpha value is -2.55. The minimum Gasteiger partial charge on any atom is -0.393 e. The smallest absolute Gasteiger partial charge is 0.194 e. The molecular formula is C38H47NO5S. The number of nitrogens with one attached hydrogen (secondary N) is 1. The van der Waals surface area contributed by atoms with Crippen LogP contribution in [0.3, 0.4) is 0 Å². The van der Waals surface area contributed by atoms with Gasteiger partial charge in [0.25, 0.3) is 0 Å². The van der Waals surface area contributed by atoms with E-state index < -0.39 is 36.1 Å². The van der Waals surface area contributed by atoms with Crippen LogP contribution in [0.5, 0.6) is 0 Å². The summed E-state index contributed by atoms with van der Waals surface area (Å²) < 4.78 is 13.5. The molecule has 0 amide bonds. The average Bonchev–Trinajstić information content (AvgIpc) is 3.65. The molecule has 240 valence electrons. The average molecular weight is 630 g/mol. The van der Waals surface area contributed by atoms with Crippen molar-refractivity contribution in [1.29, 1.82) is 0 Å². The number of Topliss-reactive ketones (excluding diaryl/α,β-unsaturated/α-hetero) is 1. The second-order valence-corrected chi connectivity index (χ2v) is 16.8. The highest BCUT2D eigenvalue weighted by Gasteiger charge is 2.76. The summed E-state index contributed by atoms with van der Waals surface area (Å²) in [6.07, 6.45) is 8.56. The van der Waals surface area contributed by atoms with Gasteiger partial charge in [0, 0.05) is 39.3 Å². The summed E-state index contributed by atoms with van der Waals surface area (Å²) in [7, 11) is 0. The number of anilines is 1. The Morgan fingerprint density at radius 3 is 2.76 bits per heavy atom. The van der Waals surface area contributed by atoms with E-state index in [0.717, 1.165) is 35.4 Å². The van der Waals surface area contributed by atoms with Gasteiger partial charge in [-0.2, -0.15) is 0 Å². The van der Waals surface area contributed by atoms with Crippen molar-refractivity contribution in [3.63, 3.8) is 0 Å². The van der Waals surface area contributed by atoms with E-state index in [1.165, 1.54) is 16.0 Å². The van der Waals surface area contributed by atoms with Crippen LogP contribution in [-0.4, -0.2) is 46.0 Å². The minimum absolute atomic E-state index is 0.0196. The standard InChI is InChI=1S/C38H47NO5S/c1-22-14-15-36(5)24(16-22)10-12-27-28-19-32-38(31(42)21-40,37(28,6)20-29(41)33(27)36)44-34(43-32)30-13-11-26(45-30)18-23-8-7-9-25(17-23)39-35(2,3)4/h7-9,11,13-17,27-29,32-34,39-41H,1,10,12,18-21H2,2-6H3/t27-,28-,29-,32+,33+,34+,36-,37-,38+/m0/s1. The lowest BCUT2D eigenvalue weighted by Crippen LogP contribution is -2.63. The van der Waals surface area contributed by atoms with Gasteiger partial charge in [0.05, 0.1) is 17.1 Å². The fraction of sp³-hybridized carbons (Fsp3) is 0.553. The van der Waals surface area contributed by atoms with E-state index in [0.29, 0.717) is 12.8 Å². The van der Waals surface area contributed by atoms with Gasteiger partial charge in [-0.05, 0) is 93.7 Å². The molecule has 1 aromatic carbocycles. The van der Waals surface area contributed by atoms with Gasteiger partial charge in [-0.3, -0.25) is 4.79 Å². The SMILES string of the molecule is C=C1C=C[C@@]2(C)C(=C1)CC[C@@H]1[C@@H]2[C@@H](O)C[C@@]2(C)[C@H]1C[C@H]1O[C@@H](c3ccc(Cc4cccc(NC(C)(C)C)c4)s3)O[C@]12C(=O)CO. The first-order valence-electron chi connectivity index (χ1n) is 16.5. The molecule has 1 aromatic heterocycles. The molecule has 0 unspecified atom stereocenters. The molecule has 0 radical (unpaired) electrons. The first kappa shape index (κ1) is 31.1. The number of rotatable bonds is 6. The summed E-state index contributed by atoms with van der Waals surface area (Å²) in [4.78, 5) is 16.0. The lowest BCUT2D eigenvalue weighted by Gasteiger charge is -2.59. The van der Waals surface area contributed by atoms with Crippen molar-refractivity contribution in [3.05, 3.63) is 87.7 Å². The molecule has 5 aliphatic rings. The molecule has 1 saturated heterocycles. The fourth-order valence-electron chi connectivity index (χ4n) is 9.90. The Kier molecular flexibility index (Phi) is 7.42. The number of carbonyl (C=O) groups is 1. The maximum atomic E-state index is 13.9. The Morgan fingerprint density at radius 2 is 2.00 bits per heavy atom. The van der Waals surface area contributed by atoms with Crippen molar-refractivity contribution >= 4 is 22.8 Å². The number of aliphatic hydroxyl groups is 2. The van der Waals surface area contributed by atoms with Crippen LogP contribution in [0.25, 0.3) is 0 Å². The zero-order valence-corrected chi connectivity index (χ0v) is 28.0. The van der Waals surface area contributed by atoms with Crippen LogP contribution in [0.1, 0.15) is 81.9 Å². The maximum absolute atomic E-state index is 13.9. The molecule has 7 heteroatoms. The number of ketones is 1. The molecule has 4 aliphatic carbocycles. The molecule has 2 aromatic rings. The quantitative estimate of drug-likeness (QED) is 0.315. The van der Waals surface area contributed by atoms with Crippen molar-refractivity contribution < 1.29 is 24.5 Å². The summed E-state index contributed by atoms with van der Waals surface area (Å²) in [5.41, 5.74) is 2.45. The third kappa shape index (κ3) is 4.84. The molecule has 1 aliphatic heterocycles. The van der Waals surface area contributed by atoms with E-state index in [1.807, 2.05) is 6.07 Å². The lowest BCUT2D eigenvalue weighted by atomic mass is 9.46. The van der Waals surface area contributed by atoms with Crippen LogP contribution in [-0.2, 0) is 20.7 Å². The largest absolute Gasteiger partial charge is 0.393 e. The van der Waals surface area contributed by atoms with Crippen molar-refractivity contribution in [3.8, 4) is 0 Å². The number of hydrogen-bond donors (Lipinski definition) is 3. The summed E-state index contributed by atoms with van der Waals surface area (Å²) in [6.45, 7) is 14.4. The first-order chi connectivity index (χ1) is 21.3. The molecule has 3 saturated carbocycles. The number of aliphatic hydroxyl groups excluding tert-OH is 2. The monoisotopic (exact) mass is 629 g/mol. The Bertz CT molecular complexity index is 1580. The van der Waals surface area contributed by atoms with Gasteiger partial charge < -0.3 is 25.0 Å². The molecule has 6 nitrogen and oxygen atoms in total. The summed E-state index contributed by atoms with van der Waals surface area (Å²) in [6, 6.07) is 12.7. The zero-order valence-electron chi connectivity index (χ0n) is 27.1. The van der Waals surface area contributed by atoms with Crippen LogP contribution in [0.2, 0.25) is 0 Å². The highest BCUT2D eigenvalue weighted by atomic mass is 32.1. The number of ether oxygens (including phenoxy) is 2. The van der Waals surface area contributed by atoms with Crippen LogP contribution >= 0.6 is 11.3 Å². The van der Waals surface area contributed by atoms with Crippen LogP contribution in [0.15, 0.2) is 72.4 Å². The number of carbonyl (C=O) groups excluding carboxylic acids is 1. The number of allylic oxidation sites excluding steroid dienone is 5. The first-order valence-corrected chi connectivity index (χ1v) is 17.3. The van der Waals surface area contributed by atoms with E-state index in [-0.39, 0.29) is 34.5 Å². The highest BCUT2D eigenvalue weighted by molar-refractivity contribution is 7.12. The number of benzene rings is 1. The fourth-order valence-corrected chi connectivity index (χ4v) is 10.9. The second kappa shape index (κ2) is 10.7. The maximum Gasteiger partial charge on any atom is 0.194 e. The molecule has 45 heavy (non-hydrogen) atoms. The highest BCUT2D eigenvalue weighted by Crippen LogP contribution is 2.70. The molecule has 3 N–H and O–H groups in total. The molecule has 7 rings (SSSR count). The van der Waals surface area contributed by atoms with Gasteiger partial charge >= 0.3 is 0 Å². The topological polar surface area (TPSA) is 88.0 Å². The number of thiophene rings is 1. The Labute approximate surface area is 271 Å². The molecular weight excluding hydrogens is 582 g/mol. The van der Waals surface area contributed by atoms with Crippen LogP contribution < -0.4 is 5.32 Å². The van der Waals surface area contributed by atoms with E-state index in [1.54, 1.807) is 11.3 Å². The summed E-state index contributed by atoms with van der Waals surface area (Å²) >= 11 is 1.65. The van der Waals surface area contributed by atoms with Crippen LogP contribution in [0, 0.1) is 28.6 Å². The third-order valence-electron chi connectivity index (χ3n) is 11.6. The zero-order chi connectivity index (χ0) is 31.9. The van der Waals surface area contributed by atoms with Gasteiger partial charge in [-0.15, -0.1) is 11.3 Å². The molecule has 4 fully saturated rings. The number of hydrogen-bond acceptors (Lipinski definition) is 7. The van der Waals surface area contributed by atoms with E-state index in [9.17, 15) is 15.0 Å². The summed E-state index contributed by atoms with van der Waals surface area (Å²) in [5, 5.41) is 25.8. The third-order valence-corrected chi connectivity index (χ3v) is 12.7. The van der Waals surface area contributed by atoms with Gasteiger partial charge in [-0.1, -0.05) is 56.4 Å². The molecule has 2 heterocycles. The lowest BCUT2D eigenvalue weighted by molar-refractivity contribution is -0.200. The molecule has 0 bridgehead atoms. The number of fused-ring (bicyclic) bond motifs is 7. The Morgan fingerprint density at radius 1 is 1.20 bits per heavy atom. The minimum atomic E-state index is -1.30. The summed E-state index contributed by atoms with van der Waals surface area (Å²) in [5.74, 6) is 0.0698. The van der Waals surface area contributed by atoms with E-state index >= 15 is 0 Å². The second-order valence-electron chi connectivity index (χ2n) is 15.6. The predicted molar refractivity (Wildman–Crippen MR) is 178 cm³/mol. The van der Waals surface area contributed by atoms with E-state index in [4.69, 9.17) is 9.47 Å². The van der Waals surface area contributed by atoms with Crippen molar-refractivity contribution in [1.82, 2.24) is 0 Å².